The molecular weight excluding hydrogens is 438 g/mol. The van der Waals surface area contributed by atoms with E-state index in [4.69, 9.17) is 13.8 Å². The molecule has 3 heterocycles. The fourth-order valence-electron chi connectivity index (χ4n) is 3.76. The van der Waals surface area contributed by atoms with Crippen LogP contribution in [0.4, 0.5) is 0 Å². The summed E-state index contributed by atoms with van der Waals surface area (Å²) in [5, 5.41) is 29.7. The molecule has 0 aliphatic heterocycles. The van der Waals surface area contributed by atoms with E-state index in [0.29, 0.717) is 28.5 Å². The Bertz CT molecular complexity index is 1460. The summed E-state index contributed by atoms with van der Waals surface area (Å²) in [4.78, 5) is 13.5. The molecule has 0 spiro atoms. The average molecular weight is 457 g/mol. The first kappa shape index (κ1) is 21.1. The van der Waals surface area contributed by atoms with Crippen LogP contribution in [0.3, 0.4) is 0 Å². The van der Waals surface area contributed by atoms with Crippen LogP contribution in [0.2, 0.25) is 0 Å². The Kier molecular flexibility index (Phi) is 5.14. The van der Waals surface area contributed by atoms with Crippen LogP contribution in [-0.2, 0) is 0 Å². The standard InChI is InChI=1S/C25H19N3O6/c1-14-13-20(27-34-14)22-21(23(29)16-5-9-18(32-2)10-6-16)24(30)25(31)28(22)17-7-3-15(4-8-17)19-11-12-33-26-19/h3-13,30-31H,1-2H3. The number of aromatic hydroxyl groups is 2. The lowest BCUT2D eigenvalue weighted by Crippen LogP contribution is -2.05. The van der Waals surface area contributed by atoms with Crippen molar-refractivity contribution in [3.8, 4) is 45.7 Å². The lowest BCUT2D eigenvalue weighted by atomic mass is 10.0. The highest BCUT2D eigenvalue weighted by atomic mass is 16.5. The SMILES string of the molecule is COc1ccc(C(=O)c2c(O)c(O)n(-c3ccc(-c4ccon4)cc3)c2-c2cc(C)on2)cc1. The van der Waals surface area contributed by atoms with Crippen LogP contribution in [0.25, 0.3) is 28.3 Å². The number of carbonyl (C=O) groups excluding carboxylic acids is 1. The topological polar surface area (TPSA) is 124 Å². The van der Waals surface area contributed by atoms with E-state index in [9.17, 15) is 15.0 Å². The third-order valence-electron chi connectivity index (χ3n) is 5.43. The van der Waals surface area contributed by atoms with Crippen LogP contribution in [0, 0.1) is 6.92 Å². The van der Waals surface area contributed by atoms with Gasteiger partial charge in [0.2, 0.25) is 5.88 Å². The van der Waals surface area contributed by atoms with Gasteiger partial charge in [-0.15, -0.1) is 0 Å². The molecule has 5 rings (SSSR count). The zero-order valence-electron chi connectivity index (χ0n) is 18.2. The highest BCUT2D eigenvalue weighted by molar-refractivity contribution is 6.15. The minimum atomic E-state index is -0.558. The molecule has 9 nitrogen and oxygen atoms in total. The van der Waals surface area contributed by atoms with Gasteiger partial charge in [-0.3, -0.25) is 9.36 Å². The predicted molar refractivity (Wildman–Crippen MR) is 121 cm³/mol. The number of benzene rings is 2. The maximum Gasteiger partial charge on any atom is 0.240 e. The molecule has 3 aromatic heterocycles. The van der Waals surface area contributed by atoms with Gasteiger partial charge in [0.1, 0.15) is 29.2 Å². The van der Waals surface area contributed by atoms with Gasteiger partial charge >= 0.3 is 0 Å². The van der Waals surface area contributed by atoms with E-state index in [1.807, 2.05) is 0 Å². The van der Waals surface area contributed by atoms with Crippen LogP contribution in [0.15, 0.2) is 76.0 Å². The second kappa shape index (κ2) is 8.28. The fraction of sp³-hybridized carbons (Fsp3) is 0.0800. The summed E-state index contributed by atoms with van der Waals surface area (Å²) < 4.78 is 16.6. The largest absolute Gasteiger partial charge is 0.503 e. The van der Waals surface area contributed by atoms with E-state index >= 15 is 0 Å². The summed E-state index contributed by atoms with van der Waals surface area (Å²) in [6.07, 6.45) is 1.47. The Balaban J connectivity index is 1.68. The van der Waals surface area contributed by atoms with Gasteiger partial charge in [-0.1, -0.05) is 22.4 Å². The summed E-state index contributed by atoms with van der Waals surface area (Å²) in [7, 11) is 1.53. The first-order valence-corrected chi connectivity index (χ1v) is 10.3. The van der Waals surface area contributed by atoms with Crippen LogP contribution in [-0.4, -0.2) is 38.0 Å². The molecule has 34 heavy (non-hydrogen) atoms. The number of nitrogens with zero attached hydrogens (tertiary/aromatic N) is 3. The molecule has 0 aliphatic rings. The van der Waals surface area contributed by atoms with Crippen LogP contribution in [0.5, 0.6) is 17.4 Å². The zero-order valence-corrected chi connectivity index (χ0v) is 18.2. The molecule has 0 unspecified atom stereocenters. The van der Waals surface area contributed by atoms with Crippen LogP contribution < -0.4 is 4.74 Å². The van der Waals surface area contributed by atoms with Gasteiger partial charge in [0.15, 0.2) is 11.5 Å². The Morgan fingerprint density at radius 2 is 1.71 bits per heavy atom. The van der Waals surface area contributed by atoms with E-state index in [1.165, 1.54) is 17.9 Å². The minimum Gasteiger partial charge on any atom is -0.503 e. The van der Waals surface area contributed by atoms with E-state index in [1.54, 1.807) is 67.6 Å². The molecule has 0 atom stereocenters. The van der Waals surface area contributed by atoms with Crippen molar-refractivity contribution in [2.24, 2.45) is 0 Å². The van der Waals surface area contributed by atoms with Gasteiger partial charge in [0, 0.05) is 28.9 Å². The molecule has 5 aromatic rings. The maximum absolute atomic E-state index is 13.5. The first-order valence-electron chi connectivity index (χ1n) is 10.3. The predicted octanol–water partition coefficient (Wildman–Crippen LogP) is 4.75. The lowest BCUT2D eigenvalue weighted by Gasteiger charge is -2.10. The van der Waals surface area contributed by atoms with Gasteiger partial charge in [-0.25, -0.2) is 0 Å². The molecule has 0 aliphatic carbocycles. The van der Waals surface area contributed by atoms with E-state index in [2.05, 4.69) is 10.3 Å². The van der Waals surface area contributed by atoms with E-state index < -0.39 is 17.4 Å². The fourth-order valence-corrected chi connectivity index (χ4v) is 3.76. The average Bonchev–Trinajstić information content (AvgIpc) is 3.60. The van der Waals surface area contributed by atoms with E-state index in [-0.39, 0.29) is 17.0 Å². The normalized spacial score (nSPS) is 11.0. The molecule has 9 heteroatoms. The third-order valence-corrected chi connectivity index (χ3v) is 5.43. The van der Waals surface area contributed by atoms with Crippen molar-refractivity contribution < 1.29 is 28.8 Å². The summed E-state index contributed by atoms with van der Waals surface area (Å²) in [5.41, 5.74) is 2.61. The van der Waals surface area contributed by atoms with Crippen molar-refractivity contribution in [3.05, 3.63) is 83.8 Å². The number of ketones is 1. The smallest absolute Gasteiger partial charge is 0.240 e. The molecule has 0 saturated carbocycles. The van der Waals surface area contributed by atoms with Gasteiger partial charge in [0.05, 0.1) is 18.4 Å². The Morgan fingerprint density at radius 1 is 0.971 bits per heavy atom. The Labute approximate surface area is 193 Å². The number of rotatable bonds is 6. The number of hydrogen-bond acceptors (Lipinski definition) is 8. The number of hydrogen-bond donors (Lipinski definition) is 2. The van der Waals surface area contributed by atoms with Crippen molar-refractivity contribution in [2.45, 2.75) is 6.92 Å². The second-order valence-corrected chi connectivity index (χ2v) is 7.54. The summed E-state index contributed by atoms with van der Waals surface area (Å²) >= 11 is 0. The molecule has 0 radical (unpaired) electrons. The third kappa shape index (κ3) is 3.49. The summed E-state index contributed by atoms with van der Waals surface area (Å²) in [5.74, 6) is -0.463. The quantitative estimate of drug-likeness (QED) is 0.350. The van der Waals surface area contributed by atoms with Crippen molar-refractivity contribution in [1.82, 2.24) is 14.9 Å². The molecular formula is C25H19N3O6. The number of ether oxygens (including phenoxy) is 1. The van der Waals surface area contributed by atoms with Crippen molar-refractivity contribution >= 4 is 5.78 Å². The molecule has 170 valence electrons. The zero-order chi connectivity index (χ0) is 23.8. The second-order valence-electron chi connectivity index (χ2n) is 7.54. The lowest BCUT2D eigenvalue weighted by molar-refractivity contribution is 0.103. The highest BCUT2D eigenvalue weighted by Crippen LogP contribution is 2.44. The van der Waals surface area contributed by atoms with Gasteiger partial charge in [0.25, 0.3) is 0 Å². The maximum atomic E-state index is 13.5. The number of aryl methyl sites for hydroxylation is 1. The molecule has 0 bridgehead atoms. The van der Waals surface area contributed by atoms with Gasteiger partial charge < -0.3 is 24.0 Å². The first-order chi connectivity index (χ1) is 16.5. The van der Waals surface area contributed by atoms with Crippen molar-refractivity contribution in [1.29, 1.82) is 0 Å². The molecule has 2 aromatic carbocycles. The summed E-state index contributed by atoms with van der Waals surface area (Å²) in [6.45, 7) is 1.71. The molecule has 0 saturated heterocycles. The number of methoxy groups -OCH3 is 1. The number of aromatic nitrogens is 3. The highest BCUT2D eigenvalue weighted by Gasteiger charge is 2.31. The number of carbonyl (C=O) groups is 1. The van der Waals surface area contributed by atoms with Crippen LogP contribution >= 0.6 is 0 Å². The minimum absolute atomic E-state index is 0.100. The molecule has 0 fully saturated rings. The Morgan fingerprint density at radius 3 is 2.29 bits per heavy atom. The molecule has 2 N–H and O–H groups in total. The van der Waals surface area contributed by atoms with Crippen LogP contribution in [0.1, 0.15) is 21.7 Å². The van der Waals surface area contributed by atoms with Gasteiger partial charge in [-0.2, -0.15) is 0 Å². The Hall–Kier alpha value is -4.79. The van der Waals surface area contributed by atoms with Crippen molar-refractivity contribution in [3.63, 3.8) is 0 Å². The van der Waals surface area contributed by atoms with Crippen molar-refractivity contribution in [2.75, 3.05) is 7.11 Å². The van der Waals surface area contributed by atoms with E-state index in [0.717, 1.165) is 5.56 Å². The summed E-state index contributed by atoms with van der Waals surface area (Å²) in [6, 6.07) is 16.8. The molecule has 0 amide bonds. The monoisotopic (exact) mass is 457 g/mol. The van der Waals surface area contributed by atoms with Gasteiger partial charge in [-0.05, 0) is 43.3 Å².